The van der Waals surface area contributed by atoms with Crippen LogP contribution in [0.1, 0.15) is 26.3 Å². The molecule has 0 bridgehead atoms. The maximum atomic E-state index is 11.9. The lowest BCUT2D eigenvalue weighted by Crippen LogP contribution is -2.23. The Hall–Kier alpha value is -2.82. The van der Waals surface area contributed by atoms with Crippen molar-refractivity contribution in [2.24, 2.45) is 5.73 Å². The number of nitrogens with two attached hydrogens (primary N) is 2. The molecule has 0 aliphatic heterocycles. The highest BCUT2D eigenvalue weighted by molar-refractivity contribution is 5.97. The highest BCUT2D eigenvalue weighted by Crippen LogP contribution is 2.07. The maximum absolute atomic E-state index is 11.9. The zero-order valence-corrected chi connectivity index (χ0v) is 10.8. The van der Waals surface area contributed by atoms with Crippen LogP contribution in [0.25, 0.3) is 0 Å². The molecule has 102 valence electrons. The number of carbonyl (C=O) groups is 2. The van der Waals surface area contributed by atoms with Crippen LogP contribution in [0, 0.1) is 0 Å². The molecule has 2 aromatic carbocycles. The third-order valence-electron chi connectivity index (χ3n) is 2.86. The zero-order valence-electron chi connectivity index (χ0n) is 10.8. The summed E-state index contributed by atoms with van der Waals surface area (Å²) >= 11 is 0. The molecule has 2 aromatic rings. The second-order valence-electron chi connectivity index (χ2n) is 4.37. The summed E-state index contributed by atoms with van der Waals surface area (Å²) in [7, 11) is 0. The van der Waals surface area contributed by atoms with Gasteiger partial charge in [0.1, 0.15) is 0 Å². The van der Waals surface area contributed by atoms with Gasteiger partial charge in [0, 0.05) is 23.4 Å². The Kier molecular flexibility index (Phi) is 4.00. The third kappa shape index (κ3) is 3.35. The predicted molar refractivity (Wildman–Crippen MR) is 77.0 cm³/mol. The molecule has 0 aromatic heterocycles. The van der Waals surface area contributed by atoms with Crippen LogP contribution in [0.3, 0.4) is 0 Å². The minimum absolute atomic E-state index is 0.210. The summed E-state index contributed by atoms with van der Waals surface area (Å²) < 4.78 is 0. The Bertz CT molecular complexity index is 619. The van der Waals surface area contributed by atoms with Crippen LogP contribution in [-0.4, -0.2) is 11.8 Å². The summed E-state index contributed by atoms with van der Waals surface area (Å²) in [6, 6.07) is 13.5. The van der Waals surface area contributed by atoms with Crippen LogP contribution in [0.15, 0.2) is 48.5 Å². The van der Waals surface area contributed by atoms with E-state index in [4.69, 9.17) is 11.5 Å². The largest absolute Gasteiger partial charge is 0.399 e. The molecule has 2 amide bonds. The first-order valence-corrected chi connectivity index (χ1v) is 6.09. The van der Waals surface area contributed by atoms with E-state index in [1.165, 1.54) is 12.1 Å². The van der Waals surface area contributed by atoms with E-state index in [-0.39, 0.29) is 5.91 Å². The third-order valence-corrected chi connectivity index (χ3v) is 2.86. The molecule has 0 fully saturated rings. The van der Waals surface area contributed by atoms with E-state index in [0.717, 1.165) is 5.56 Å². The molecule has 0 aliphatic carbocycles. The Morgan fingerprint density at radius 1 is 0.900 bits per heavy atom. The Labute approximate surface area is 116 Å². The average Bonchev–Trinajstić information content (AvgIpc) is 2.46. The number of nitrogen functional groups attached to an aromatic ring is 1. The minimum atomic E-state index is -0.515. The van der Waals surface area contributed by atoms with Crippen LogP contribution in [0.4, 0.5) is 5.69 Å². The molecule has 20 heavy (non-hydrogen) atoms. The summed E-state index contributed by atoms with van der Waals surface area (Å²) in [4.78, 5) is 22.8. The Morgan fingerprint density at radius 3 is 2.00 bits per heavy atom. The van der Waals surface area contributed by atoms with Gasteiger partial charge in [-0.3, -0.25) is 9.59 Å². The van der Waals surface area contributed by atoms with E-state index in [1.54, 1.807) is 24.3 Å². The molecule has 0 unspecified atom stereocenters. The second kappa shape index (κ2) is 5.88. The van der Waals surface area contributed by atoms with Gasteiger partial charge in [-0.15, -0.1) is 0 Å². The summed E-state index contributed by atoms with van der Waals surface area (Å²) in [5, 5.41) is 2.79. The molecule has 0 saturated carbocycles. The van der Waals surface area contributed by atoms with Crippen LogP contribution < -0.4 is 16.8 Å². The van der Waals surface area contributed by atoms with Crippen molar-refractivity contribution >= 4 is 17.5 Å². The fraction of sp³-hybridized carbons (Fsp3) is 0.0667. The monoisotopic (exact) mass is 269 g/mol. The summed E-state index contributed by atoms with van der Waals surface area (Å²) in [5.41, 5.74) is 13.2. The van der Waals surface area contributed by atoms with Gasteiger partial charge in [-0.2, -0.15) is 0 Å². The quantitative estimate of drug-likeness (QED) is 0.729. The number of amides is 2. The van der Waals surface area contributed by atoms with Gasteiger partial charge in [0.25, 0.3) is 5.91 Å². The number of hydrogen-bond donors (Lipinski definition) is 3. The van der Waals surface area contributed by atoms with Crippen molar-refractivity contribution in [3.8, 4) is 0 Å². The number of hydrogen-bond acceptors (Lipinski definition) is 3. The first-order chi connectivity index (χ1) is 9.56. The molecule has 2 rings (SSSR count). The Balaban J connectivity index is 1.97. The summed E-state index contributed by atoms with van der Waals surface area (Å²) in [5.74, 6) is -0.725. The van der Waals surface area contributed by atoms with Gasteiger partial charge in [0.15, 0.2) is 0 Å². The van der Waals surface area contributed by atoms with Crippen LogP contribution in [0.2, 0.25) is 0 Å². The number of benzene rings is 2. The average molecular weight is 269 g/mol. The van der Waals surface area contributed by atoms with Gasteiger partial charge in [-0.25, -0.2) is 0 Å². The lowest BCUT2D eigenvalue weighted by molar-refractivity contribution is 0.0948. The SMILES string of the molecule is NC(=O)c1ccc(C(=O)NCc2ccc(N)cc2)cc1. The Morgan fingerprint density at radius 2 is 1.45 bits per heavy atom. The number of anilines is 1. The van der Waals surface area contributed by atoms with Crippen molar-refractivity contribution in [1.29, 1.82) is 0 Å². The molecular formula is C15H15N3O2. The predicted octanol–water partition coefficient (Wildman–Crippen LogP) is 1.30. The molecule has 0 spiro atoms. The zero-order chi connectivity index (χ0) is 14.5. The van der Waals surface area contributed by atoms with E-state index in [0.29, 0.717) is 23.4 Å². The molecule has 5 nitrogen and oxygen atoms in total. The fourth-order valence-corrected chi connectivity index (χ4v) is 1.71. The fourth-order valence-electron chi connectivity index (χ4n) is 1.71. The topological polar surface area (TPSA) is 98.2 Å². The van der Waals surface area contributed by atoms with Crippen molar-refractivity contribution in [2.45, 2.75) is 6.54 Å². The maximum Gasteiger partial charge on any atom is 0.251 e. The number of nitrogens with one attached hydrogen (secondary N) is 1. The van der Waals surface area contributed by atoms with Gasteiger partial charge in [-0.1, -0.05) is 12.1 Å². The molecule has 0 atom stereocenters. The smallest absolute Gasteiger partial charge is 0.251 e. The lowest BCUT2D eigenvalue weighted by Gasteiger charge is -2.06. The van der Waals surface area contributed by atoms with Gasteiger partial charge in [0.2, 0.25) is 5.91 Å². The number of primary amides is 1. The molecule has 0 heterocycles. The van der Waals surface area contributed by atoms with Crippen LogP contribution in [-0.2, 0) is 6.54 Å². The van der Waals surface area contributed by atoms with Crippen LogP contribution >= 0.6 is 0 Å². The minimum Gasteiger partial charge on any atom is -0.399 e. The van der Waals surface area contributed by atoms with Crippen molar-refractivity contribution in [1.82, 2.24) is 5.32 Å². The molecule has 5 N–H and O–H groups in total. The van der Waals surface area contributed by atoms with E-state index < -0.39 is 5.91 Å². The van der Waals surface area contributed by atoms with Crippen molar-refractivity contribution in [3.63, 3.8) is 0 Å². The van der Waals surface area contributed by atoms with Gasteiger partial charge >= 0.3 is 0 Å². The van der Waals surface area contributed by atoms with E-state index in [9.17, 15) is 9.59 Å². The molecule has 0 saturated heterocycles. The van der Waals surface area contributed by atoms with Crippen molar-refractivity contribution < 1.29 is 9.59 Å². The number of rotatable bonds is 4. The normalized spacial score (nSPS) is 10.0. The summed E-state index contributed by atoms with van der Waals surface area (Å²) in [6.45, 7) is 0.413. The number of carbonyl (C=O) groups excluding carboxylic acids is 2. The summed E-state index contributed by atoms with van der Waals surface area (Å²) in [6.07, 6.45) is 0. The highest BCUT2D eigenvalue weighted by atomic mass is 16.2. The van der Waals surface area contributed by atoms with Crippen molar-refractivity contribution in [3.05, 3.63) is 65.2 Å². The van der Waals surface area contributed by atoms with E-state index in [1.807, 2.05) is 12.1 Å². The first-order valence-electron chi connectivity index (χ1n) is 6.09. The first kappa shape index (κ1) is 13.6. The van der Waals surface area contributed by atoms with Gasteiger partial charge < -0.3 is 16.8 Å². The molecule has 0 aliphatic rings. The molecular weight excluding hydrogens is 254 g/mol. The van der Waals surface area contributed by atoms with Crippen LogP contribution in [0.5, 0.6) is 0 Å². The van der Waals surface area contributed by atoms with E-state index in [2.05, 4.69) is 5.32 Å². The second-order valence-corrected chi connectivity index (χ2v) is 4.37. The lowest BCUT2D eigenvalue weighted by atomic mass is 10.1. The van der Waals surface area contributed by atoms with E-state index >= 15 is 0 Å². The van der Waals surface area contributed by atoms with Gasteiger partial charge in [-0.05, 0) is 42.0 Å². The van der Waals surface area contributed by atoms with Gasteiger partial charge in [0.05, 0.1) is 0 Å². The standard InChI is InChI=1S/C15H15N3O2/c16-13-7-1-10(2-8-13)9-18-15(20)12-5-3-11(4-6-12)14(17)19/h1-8H,9,16H2,(H2,17,19)(H,18,20). The van der Waals surface area contributed by atoms with Crippen molar-refractivity contribution in [2.75, 3.05) is 5.73 Å². The highest BCUT2D eigenvalue weighted by Gasteiger charge is 2.06. The molecule has 0 radical (unpaired) electrons. The molecule has 5 heteroatoms.